The van der Waals surface area contributed by atoms with Gasteiger partial charge in [0.25, 0.3) is 0 Å². The molecule has 0 atom stereocenters. The van der Waals surface area contributed by atoms with Crippen LogP contribution in [0.25, 0.3) is 0 Å². The lowest BCUT2D eigenvalue weighted by Gasteiger charge is -2.07. The first-order chi connectivity index (χ1) is 8.66. The Balaban J connectivity index is 2.13. The smallest absolute Gasteiger partial charge is 0.206 e. The van der Waals surface area contributed by atoms with Gasteiger partial charge < -0.3 is 4.74 Å². The summed E-state index contributed by atoms with van der Waals surface area (Å²) in [6.45, 7) is 2.62. The number of ether oxygens (including phenoxy) is 1. The largest absolute Gasteiger partial charge is 0.492 e. The van der Waals surface area contributed by atoms with E-state index in [1.807, 2.05) is 30.5 Å². The molecule has 0 saturated heterocycles. The van der Waals surface area contributed by atoms with Gasteiger partial charge in [-0.3, -0.25) is 4.79 Å². The molecule has 0 bridgehead atoms. The Kier molecular flexibility index (Phi) is 2.99. The van der Waals surface area contributed by atoms with Crippen molar-refractivity contribution in [3.05, 3.63) is 49.6 Å². The van der Waals surface area contributed by atoms with Crippen LogP contribution >= 0.6 is 27.3 Å². The van der Waals surface area contributed by atoms with Crippen molar-refractivity contribution in [2.24, 2.45) is 0 Å². The van der Waals surface area contributed by atoms with Gasteiger partial charge in [0.1, 0.15) is 5.75 Å². The van der Waals surface area contributed by atoms with Crippen molar-refractivity contribution >= 4 is 33.0 Å². The van der Waals surface area contributed by atoms with E-state index in [1.54, 1.807) is 0 Å². The van der Waals surface area contributed by atoms with Crippen molar-refractivity contribution in [1.82, 2.24) is 0 Å². The quantitative estimate of drug-likeness (QED) is 0.781. The molecule has 0 saturated carbocycles. The van der Waals surface area contributed by atoms with E-state index in [1.165, 1.54) is 11.3 Å². The minimum absolute atomic E-state index is 0.0574. The van der Waals surface area contributed by atoms with E-state index in [0.717, 1.165) is 32.6 Å². The predicted octanol–water partition coefficient (Wildman–Crippen LogP) is 3.98. The third-order valence-electron chi connectivity index (χ3n) is 3.06. The zero-order chi connectivity index (χ0) is 12.7. The highest BCUT2D eigenvalue weighted by molar-refractivity contribution is 9.10. The van der Waals surface area contributed by atoms with E-state index in [2.05, 4.69) is 15.9 Å². The van der Waals surface area contributed by atoms with Crippen molar-refractivity contribution in [2.75, 3.05) is 6.61 Å². The van der Waals surface area contributed by atoms with E-state index in [-0.39, 0.29) is 5.78 Å². The standard InChI is InChI=1S/C14H11BrO2S/c1-8-3-5-18-14(8)12(16)11-7-10(15)6-9-2-4-17-13(9)11/h3,5-7H,2,4H2,1H3. The average molecular weight is 323 g/mol. The lowest BCUT2D eigenvalue weighted by molar-refractivity contribution is 0.103. The summed E-state index contributed by atoms with van der Waals surface area (Å²) >= 11 is 4.94. The second-order valence-corrected chi connectivity index (χ2v) is 6.13. The first-order valence-electron chi connectivity index (χ1n) is 5.71. The van der Waals surface area contributed by atoms with Crippen molar-refractivity contribution in [3.63, 3.8) is 0 Å². The minimum atomic E-state index is 0.0574. The van der Waals surface area contributed by atoms with Crippen molar-refractivity contribution in [2.45, 2.75) is 13.3 Å². The molecule has 0 unspecified atom stereocenters. The number of ketones is 1. The van der Waals surface area contributed by atoms with Crippen LogP contribution in [0.4, 0.5) is 0 Å². The number of aryl methyl sites for hydroxylation is 1. The van der Waals surface area contributed by atoms with Gasteiger partial charge in [-0.05, 0) is 41.6 Å². The molecular weight excluding hydrogens is 312 g/mol. The number of benzene rings is 1. The summed E-state index contributed by atoms with van der Waals surface area (Å²) in [5.41, 5.74) is 2.81. The Morgan fingerprint density at radius 3 is 3.00 bits per heavy atom. The second kappa shape index (κ2) is 4.52. The number of rotatable bonds is 2. The van der Waals surface area contributed by atoms with Crippen molar-refractivity contribution in [3.8, 4) is 5.75 Å². The van der Waals surface area contributed by atoms with E-state index in [4.69, 9.17) is 4.74 Å². The Bertz CT molecular complexity index is 631. The fourth-order valence-corrected chi connectivity index (χ4v) is 3.55. The Morgan fingerprint density at radius 1 is 1.44 bits per heavy atom. The summed E-state index contributed by atoms with van der Waals surface area (Å²) < 4.78 is 6.54. The molecule has 0 radical (unpaired) electrons. The number of carbonyl (C=O) groups excluding carboxylic acids is 1. The SMILES string of the molecule is Cc1ccsc1C(=O)c1cc(Br)cc2c1OCC2. The molecule has 0 aliphatic carbocycles. The van der Waals surface area contributed by atoms with Crippen LogP contribution in [0.5, 0.6) is 5.75 Å². The fraction of sp³-hybridized carbons (Fsp3) is 0.214. The zero-order valence-corrected chi connectivity index (χ0v) is 12.2. The molecule has 18 heavy (non-hydrogen) atoms. The third kappa shape index (κ3) is 1.89. The number of hydrogen-bond acceptors (Lipinski definition) is 3. The molecule has 0 amide bonds. The molecule has 2 aromatic rings. The van der Waals surface area contributed by atoms with Crippen LogP contribution in [0.3, 0.4) is 0 Å². The van der Waals surface area contributed by atoms with E-state index in [0.29, 0.717) is 12.2 Å². The Labute approximate surface area is 118 Å². The van der Waals surface area contributed by atoms with Crippen LogP contribution in [0.2, 0.25) is 0 Å². The van der Waals surface area contributed by atoms with E-state index < -0.39 is 0 Å². The number of fused-ring (bicyclic) bond motifs is 1. The summed E-state index contributed by atoms with van der Waals surface area (Å²) in [7, 11) is 0. The second-order valence-electron chi connectivity index (χ2n) is 4.30. The maximum atomic E-state index is 12.5. The molecule has 2 heterocycles. The van der Waals surface area contributed by atoms with Gasteiger partial charge in [0.05, 0.1) is 17.0 Å². The van der Waals surface area contributed by atoms with Crippen LogP contribution < -0.4 is 4.74 Å². The molecular formula is C14H11BrO2S. The lowest BCUT2D eigenvalue weighted by atomic mass is 10.0. The van der Waals surface area contributed by atoms with Crippen LogP contribution in [0.15, 0.2) is 28.1 Å². The molecule has 2 nitrogen and oxygen atoms in total. The molecule has 92 valence electrons. The summed E-state index contributed by atoms with van der Waals surface area (Å²) in [4.78, 5) is 13.3. The van der Waals surface area contributed by atoms with Crippen LogP contribution in [-0.2, 0) is 6.42 Å². The molecule has 0 N–H and O–H groups in total. The molecule has 1 aromatic heterocycles. The van der Waals surface area contributed by atoms with Gasteiger partial charge in [0.2, 0.25) is 5.78 Å². The van der Waals surface area contributed by atoms with Crippen LogP contribution in [0, 0.1) is 6.92 Å². The molecule has 1 aliphatic heterocycles. The third-order valence-corrected chi connectivity index (χ3v) is 4.53. The summed E-state index contributed by atoms with van der Waals surface area (Å²) in [6, 6.07) is 5.85. The average Bonchev–Trinajstić information content (AvgIpc) is 2.95. The molecule has 1 aliphatic rings. The fourth-order valence-electron chi connectivity index (χ4n) is 2.17. The first kappa shape index (κ1) is 11.9. The topological polar surface area (TPSA) is 26.3 Å². The number of carbonyl (C=O) groups is 1. The van der Waals surface area contributed by atoms with Gasteiger partial charge in [-0.15, -0.1) is 11.3 Å². The van der Waals surface area contributed by atoms with E-state index >= 15 is 0 Å². The Hall–Kier alpha value is -1.13. The maximum absolute atomic E-state index is 12.5. The number of halogens is 1. The van der Waals surface area contributed by atoms with E-state index in [9.17, 15) is 4.79 Å². The Morgan fingerprint density at radius 2 is 2.28 bits per heavy atom. The molecule has 1 aromatic carbocycles. The van der Waals surface area contributed by atoms with Gasteiger partial charge in [-0.2, -0.15) is 0 Å². The van der Waals surface area contributed by atoms with Gasteiger partial charge in [-0.1, -0.05) is 15.9 Å². The highest BCUT2D eigenvalue weighted by Gasteiger charge is 2.24. The minimum Gasteiger partial charge on any atom is -0.492 e. The number of thiophene rings is 1. The van der Waals surface area contributed by atoms with Crippen LogP contribution in [0.1, 0.15) is 26.4 Å². The highest BCUT2D eigenvalue weighted by Crippen LogP contribution is 2.35. The monoisotopic (exact) mass is 322 g/mol. The van der Waals surface area contributed by atoms with Crippen LogP contribution in [-0.4, -0.2) is 12.4 Å². The molecule has 0 spiro atoms. The summed E-state index contributed by atoms with van der Waals surface area (Å²) in [5.74, 6) is 0.818. The highest BCUT2D eigenvalue weighted by atomic mass is 79.9. The normalized spacial score (nSPS) is 13.2. The molecule has 4 heteroatoms. The zero-order valence-electron chi connectivity index (χ0n) is 9.83. The van der Waals surface area contributed by atoms with Crippen molar-refractivity contribution in [1.29, 1.82) is 0 Å². The van der Waals surface area contributed by atoms with Gasteiger partial charge in [0, 0.05) is 10.9 Å². The van der Waals surface area contributed by atoms with Gasteiger partial charge >= 0.3 is 0 Å². The summed E-state index contributed by atoms with van der Waals surface area (Å²) in [5, 5.41) is 1.95. The predicted molar refractivity (Wildman–Crippen MR) is 75.8 cm³/mol. The van der Waals surface area contributed by atoms with Gasteiger partial charge in [0.15, 0.2) is 0 Å². The summed E-state index contributed by atoms with van der Waals surface area (Å²) in [6.07, 6.45) is 0.873. The maximum Gasteiger partial charge on any atom is 0.206 e. The lowest BCUT2D eigenvalue weighted by Crippen LogP contribution is -2.03. The molecule has 0 fully saturated rings. The van der Waals surface area contributed by atoms with Crippen molar-refractivity contribution < 1.29 is 9.53 Å². The van der Waals surface area contributed by atoms with Gasteiger partial charge in [-0.25, -0.2) is 0 Å². The molecule has 3 rings (SSSR count). The number of hydrogen-bond donors (Lipinski definition) is 0. The first-order valence-corrected chi connectivity index (χ1v) is 7.38.